The molecule has 0 heterocycles. The number of nitrogens with zero attached hydrogens (tertiary/aromatic N) is 1. The third-order valence-electron chi connectivity index (χ3n) is 2.33. The predicted molar refractivity (Wildman–Crippen MR) is 62.7 cm³/mol. The third kappa shape index (κ3) is 2.72. The van der Waals surface area contributed by atoms with Crippen LogP contribution in [-0.2, 0) is 0 Å². The minimum absolute atomic E-state index is 0.435. The van der Waals surface area contributed by atoms with Crippen molar-refractivity contribution in [3.63, 3.8) is 0 Å². The lowest BCUT2D eigenvalue weighted by molar-refractivity contribution is 0.731. The molecule has 0 spiro atoms. The predicted octanol–water partition coefficient (Wildman–Crippen LogP) is 2.68. The van der Waals surface area contributed by atoms with Crippen LogP contribution in [0.25, 0.3) is 0 Å². The smallest absolute Gasteiger partial charge is 0.128 e. The van der Waals surface area contributed by atoms with Gasteiger partial charge in [-0.15, -0.1) is 0 Å². The quantitative estimate of drug-likeness (QED) is 0.528. The molecule has 0 aliphatic heterocycles. The number of allylic oxidation sites excluding steroid dienone is 2. The molecule has 0 unspecified atom stereocenters. The van der Waals surface area contributed by atoms with E-state index in [0.717, 1.165) is 18.7 Å². The Morgan fingerprint density at radius 2 is 2.21 bits per heavy atom. The fourth-order valence-corrected chi connectivity index (χ4v) is 1.60. The summed E-state index contributed by atoms with van der Waals surface area (Å²) in [6, 6.07) is 0.435. The number of hydrogen-bond donors (Lipinski definition) is 1. The first-order valence-electron chi connectivity index (χ1n) is 5.25. The average molecular weight is 192 g/mol. The van der Waals surface area contributed by atoms with Gasteiger partial charge >= 0.3 is 0 Å². The van der Waals surface area contributed by atoms with Crippen molar-refractivity contribution in [3.8, 4) is 0 Å². The van der Waals surface area contributed by atoms with E-state index >= 15 is 0 Å². The maximum atomic E-state index is 4.30. The highest BCUT2D eigenvalue weighted by molar-refractivity contribution is 6.01. The van der Waals surface area contributed by atoms with E-state index in [1.807, 2.05) is 7.05 Å². The summed E-state index contributed by atoms with van der Waals surface area (Å²) >= 11 is 0. The SMILES string of the molecule is CN=C(NC(C)C)C1=C(C)CCC=C1. The molecule has 1 aliphatic rings. The van der Waals surface area contributed by atoms with Gasteiger partial charge in [-0.1, -0.05) is 17.7 Å². The molecule has 0 fully saturated rings. The highest BCUT2D eigenvalue weighted by Crippen LogP contribution is 2.18. The third-order valence-corrected chi connectivity index (χ3v) is 2.33. The molecule has 0 saturated carbocycles. The topological polar surface area (TPSA) is 24.4 Å². The van der Waals surface area contributed by atoms with Gasteiger partial charge in [-0.3, -0.25) is 4.99 Å². The number of aliphatic imine (C=N–C) groups is 1. The van der Waals surface area contributed by atoms with Crippen LogP contribution in [0.1, 0.15) is 33.6 Å². The first kappa shape index (κ1) is 11.0. The Morgan fingerprint density at radius 3 is 2.71 bits per heavy atom. The molecule has 78 valence electrons. The van der Waals surface area contributed by atoms with Crippen molar-refractivity contribution < 1.29 is 0 Å². The Kier molecular flexibility index (Phi) is 3.93. The van der Waals surface area contributed by atoms with Gasteiger partial charge in [-0.05, 0) is 33.6 Å². The highest BCUT2D eigenvalue weighted by Gasteiger charge is 2.10. The largest absolute Gasteiger partial charge is 0.368 e. The first-order chi connectivity index (χ1) is 6.65. The molecule has 0 aromatic rings. The lowest BCUT2D eigenvalue weighted by Gasteiger charge is -2.18. The molecule has 0 amide bonds. The standard InChI is InChI=1S/C12H20N2/c1-9(2)14-12(13-4)11-8-6-5-7-10(11)3/h6,8-9H,5,7H2,1-4H3,(H,13,14). The van der Waals surface area contributed by atoms with Crippen LogP contribution >= 0.6 is 0 Å². The van der Waals surface area contributed by atoms with E-state index in [-0.39, 0.29) is 0 Å². The zero-order valence-corrected chi connectivity index (χ0v) is 9.59. The van der Waals surface area contributed by atoms with E-state index in [1.54, 1.807) is 0 Å². The van der Waals surface area contributed by atoms with Gasteiger partial charge in [-0.2, -0.15) is 0 Å². The van der Waals surface area contributed by atoms with Gasteiger partial charge in [0.2, 0.25) is 0 Å². The summed E-state index contributed by atoms with van der Waals surface area (Å²) in [4.78, 5) is 4.30. The molecule has 2 nitrogen and oxygen atoms in total. The zero-order valence-electron chi connectivity index (χ0n) is 9.59. The zero-order chi connectivity index (χ0) is 10.6. The second-order valence-corrected chi connectivity index (χ2v) is 4.01. The summed E-state index contributed by atoms with van der Waals surface area (Å²) in [6.07, 6.45) is 6.71. The van der Waals surface area contributed by atoms with Crippen LogP contribution in [0.15, 0.2) is 28.3 Å². The van der Waals surface area contributed by atoms with Crippen LogP contribution in [0.5, 0.6) is 0 Å². The van der Waals surface area contributed by atoms with Crippen LogP contribution in [0.3, 0.4) is 0 Å². The summed E-state index contributed by atoms with van der Waals surface area (Å²) in [5.74, 6) is 1.02. The summed E-state index contributed by atoms with van der Waals surface area (Å²) in [5.41, 5.74) is 2.70. The van der Waals surface area contributed by atoms with Crippen LogP contribution < -0.4 is 5.32 Å². The van der Waals surface area contributed by atoms with E-state index in [1.165, 1.54) is 11.1 Å². The van der Waals surface area contributed by atoms with Crippen molar-refractivity contribution in [3.05, 3.63) is 23.3 Å². The van der Waals surface area contributed by atoms with Crippen LogP contribution in [0.2, 0.25) is 0 Å². The molecule has 0 saturated heterocycles. The lowest BCUT2D eigenvalue weighted by atomic mass is 9.98. The number of nitrogens with one attached hydrogen (secondary N) is 1. The summed E-state index contributed by atoms with van der Waals surface area (Å²) < 4.78 is 0. The Morgan fingerprint density at radius 1 is 1.50 bits per heavy atom. The van der Waals surface area contributed by atoms with Crippen LogP contribution in [-0.4, -0.2) is 18.9 Å². The molecule has 14 heavy (non-hydrogen) atoms. The maximum Gasteiger partial charge on any atom is 0.128 e. The van der Waals surface area contributed by atoms with Gasteiger partial charge in [0.1, 0.15) is 5.84 Å². The van der Waals surface area contributed by atoms with Gasteiger partial charge < -0.3 is 5.32 Å². The van der Waals surface area contributed by atoms with Crippen molar-refractivity contribution >= 4 is 5.84 Å². The molecule has 0 radical (unpaired) electrons. The molecular weight excluding hydrogens is 172 g/mol. The summed E-state index contributed by atoms with van der Waals surface area (Å²) in [5, 5.41) is 3.37. The van der Waals surface area contributed by atoms with E-state index in [0.29, 0.717) is 6.04 Å². The van der Waals surface area contributed by atoms with Crippen molar-refractivity contribution in [1.29, 1.82) is 0 Å². The molecule has 1 N–H and O–H groups in total. The van der Waals surface area contributed by atoms with Crippen molar-refractivity contribution in [1.82, 2.24) is 5.32 Å². The molecule has 1 rings (SSSR count). The van der Waals surface area contributed by atoms with Crippen LogP contribution in [0.4, 0.5) is 0 Å². The highest BCUT2D eigenvalue weighted by atomic mass is 15.0. The minimum atomic E-state index is 0.435. The van der Waals surface area contributed by atoms with Gasteiger partial charge in [0, 0.05) is 18.7 Å². The normalized spacial score (nSPS) is 17.9. The first-order valence-corrected chi connectivity index (χ1v) is 5.25. The second kappa shape index (κ2) is 4.99. The lowest BCUT2D eigenvalue weighted by Crippen LogP contribution is -2.32. The van der Waals surface area contributed by atoms with Gasteiger partial charge in [-0.25, -0.2) is 0 Å². The fourth-order valence-electron chi connectivity index (χ4n) is 1.60. The molecular formula is C12H20N2. The Hall–Kier alpha value is -1.05. The minimum Gasteiger partial charge on any atom is -0.368 e. The van der Waals surface area contributed by atoms with Crippen molar-refractivity contribution in [2.75, 3.05) is 7.05 Å². The van der Waals surface area contributed by atoms with Crippen molar-refractivity contribution in [2.45, 2.75) is 39.7 Å². The molecule has 0 atom stereocenters. The van der Waals surface area contributed by atoms with Crippen molar-refractivity contribution in [2.24, 2.45) is 4.99 Å². The molecule has 0 aromatic carbocycles. The number of hydrogen-bond acceptors (Lipinski definition) is 1. The maximum absolute atomic E-state index is 4.30. The molecule has 0 bridgehead atoms. The number of amidine groups is 1. The molecule has 1 aliphatic carbocycles. The Bertz CT molecular complexity index is 283. The summed E-state index contributed by atoms with van der Waals surface area (Å²) in [7, 11) is 1.84. The van der Waals surface area contributed by atoms with Gasteiger partial charge in [0.05, 0.1) is 0 Å². The molecule has 0 aromatic heterocycles. The van der Waals surface area contributed by atoms with E-state index < -0.39 is 0 Å². The fraction of sp³-hybridized carbons (Fsp3) is 0.583. The van der Waals surface area contributed by atoms with E-state index in [9.17, 15) is 0 Å². The summed E-state index contributed by atoms with van der Waals surface area (Å²) in [6.45, 7) is 6.45. The monoisotopic (exact) mass is 192 g/mol. The van der Waals surface area contributed by atoms with E-state index in [4.69, 9.17) is 0 Å². The Labute approximate surface area is 86.8 Å². The van der Waals surface area contributed by atoms with Crippen LogP contribution in [0, 0.1) is 0 Å². The van der Waals surface area contributed by atoms with E-state index in [2.05, 4.69) is 43.2 Å². The second-order valence-electron chi connectivity index (χ2n) is 4.01. The van der Waals surface area contributed by atoms with Gasteiger partial charge in [0.15, 0.2) is 0 Å². The Balaban J connectivity index is 2.84. The van der Waals surface area contributed by atoms with Gasteiger partial charge in [0.25, 0.3) is 0 Å². The number of rotatable bonds is 2. The molecule has 2 heteroatoms. The average Bonchev–Trinajstić information content (AvgIpc) is 2.15.